The van der Waals surface area contributed by atoms with E-state index in [9.17, 15) is 9.90 Å². The molecule has 6 heteroatoms. The summed E-state index contributed by atoms with van der Waals surface area (Å²) in [5.74, 6) is 0. The molecule has 4 rings (SSSR count). The zero-order valence-corrected chi connectivity index (χ0v) is 15.1. The Bertz CT molecular complexity index is 765. The molecule has 1 spiro atoms. The van der Waals surface area contributed by atoms with Gasteiger partial charge in [-0.1, -0.05) is 18.2 Å². The average Bonchev–Trinajstić information content (AvgIpc) is 3.08. The Morgan fingerprint density at radius 2 is 2.08 bits per heavy atom. The molecule has 0 saturated carbocycles. The van der Waals surface area contributed by atoms with Crippen LogP contribution < -0.4 is 5.32 Å². The van der Waals surface area contributed by atoms with Gasteiger partial charge in [-0.15, -0.1) is 0 Å². The van der Waals surface area contributed by atoms with Crippen molar-refractivity contribution in [3.8, 4) is 0 Å². The number of aliphatic hydroxyl groups excluding tert-OH is 1. The molecule has 26 heavy (non-hydrogen) atoms. The summed E-state index contributed by atoms with van der Waals surface area (Å²) >= 11 is 0. The standard InChI is InChI=1S/C20H27N3O3/c24-18-6-3-15-26-20(18)8-12-23(13-9-20)19(25)21-10-14-22-11-7-16-4-1-2-5-17(16)22/h1-2,4-5,7,11,18,24H,3,6,8-10,12-15H2,(H,21,25)/t18-/m0/s1. The molecular weight excluding hydrogens is 330 g/mol. The number of fused-ring (bicyclic) bond motifs is 1. The van der Waals surface area contributed by atoms with Gasteiger partial charge < -0.3 is 24.6 Å². The number of nitrogens with one attached hydrogen (secondary N) is 1. The lowest BCUT2D eigenvalue weighted by molar-refractivity contribution is -0.173. The highest BCUT2D eigenvalue weighted by Gasteiger charge is 2.44. The highest BCUT2D eigenvalue weighted by atomic mass is 16.5. The third-order valence-electron chi connectivity index (χ3n) is 5.82. The number of carbonyl (C=O) groups is 1. The lowest BCUT2D eigenvalue weighted by Gasteiger charge is -2.46. The Hall–Kier alpha value is -2.05. The first-order chi connectivity index (χ1) is 12.7. The molecule has 2 aliphatic rings. The summed E-state index contributed by atoms with van der Waals surface area (Å²) in [6.07, 6.45) is 4.80. The lowest BCUT2D eigenvalue weighted by Crippen LogP contribution is -2.57. The number of ether oxygens (including phenoxy) is 1. The lowest BCUT2D eigenvalue weighted by atomic mass is 9.82. The first kappa shape index (κ1) is 17.4. The van der Waals surface area contributed by atoms with Gasteiger partial charge in [0.1, 0.15) is 0 Å². The van der Waals surface area contributed by atoms with Crippen molar-refractivity contribution in [1.29, 1.82) is 0 Å². The van der Waals surface area contributed by atoms with Crippen LogP contribution in [0.3, 0.4) is 0 Å². The van der Waals surface area contributed by atoms with Crippen molar-refractivity contribution < 1.29 is 14.6 Å². The normalized spacial score (nSPS) is 22.7. The zero-order valence-electron chi connectivity index (χ0n) is 15.1. The Morgan fingerprint density at radius 3 is 2.88 bits per heavy atom. The number of para-hydroxylation sites is 1. The van der Waals surface area contributed by atoms with E-state index < -0.39 is 11.7 Å². The van der Waals surface area contributed by atoms with Gasteiger partial charge in [0, 0.05) is 44.5 Å². The Labute approximate surface area is 153 Å². The van der Waals surface area contributed by atoms with Crippen LogP contribution >= 0.6 is 0 Å². The number of hydrogen-bond acceptors (Lipinski definition) is 3. The van der Waals surface area contributed by atoms with Gasteiger partial charge in [0.25, 0.3) is 0 Å². The fourth-order valence-electron chi connectivity index (χ4n) is 4.21. The fraction of sp³-hybridized carbons (Fsp3) is 0.550. The molecular formula is C20H27N3O3. The Morgan fingerprint density at radius 1 is 1.27 bits per heavy atom. The number of likely N-dealkylation sites (tertiary alicyclic amines) is 1. The van der Waals surface area contributed by atoms with Crippen LogP contribution in [0, 0.1) is 0 Å². The molecule has 0 bridgehead atoms. The van der Waals surface area contributed by atoms with Crippen molar-refractivity contribution in [2.24, 2.45) is 0 Å². The van der Waals surface area contributed by atoms with Crippen molar-refractivity contribution in [2.45, 2.75) is 43.9 Å². The molecule has 2 fully saturated rings. The minimum Gasteiger partial charge on any atom is -0.390 e. The fourth-order valence-corrected chi connectivity index (χ4v) is 4.21. The van der Waals surface area contributed by atoms with E-state index in [4.69, 9.17) is 4.74 Å². The molecule has 2 aromatic rings. The first-order valence-corrected chi connectivity index (χ1v) is 9.57. The zero-order chi connectivity index (χ0) is 18.0. The van der Waals surface area contributed by atoms with Crippen LogP contribution in [0.15, 0.2) is 36.5 Å². The molecule has 3 heterocycles. The van der Waals surface area contributed by atoms with Gasteiger partial charge in [0.05, 0.1) is 11.7 Å². The van der Waals surface area contributed by atoms with E-state index in [1.165, 1.54) is 10.9 Å². The summed E-state index contributed by atoms with van der Waals surface area (Å²) in [4.78, 5) is 14.3. The van der Waals surface area contributed by atoms with E-state index in [2.05, 4.69) is 34.3 Å². The highest BCUT2D eigenvalue weighted by Crippen LogP contribution is 2.35. The number of urea groups is 1. The molecule has 1 aromatic carbocycles. The van der Waals surface area contributed by atoms with Crippen LogP contribution in [0.2, 0.25) is 0 Å². The molecule has 6 nitrogen and oxygen atoms in total. The molecule has 0 unspecified atom stereocenters. The molecule has 1 atom stereocenters. The number of rotatable bonds is 3. The second kappa shape index (κ2) is 7.29. The van der Waals surface area contributed by atoms with E-state index >= 15 is 0 Å². The van der Waals surface area contributed by atoms with E-state index in [1.54, 1.807) is 0 Å². The van der Waals surface area contributed by atoms with E-state index in [0.29, 0.717) is 39.1 Å². The average molecular weight is 357 g/mol. The Balaban J connectivity index is 1.27. The van der Waals surface area contributed by atoms with Crippen LogP contribution in [-0.4, -0.2) is 58.6 Å². The van der Waals surface area contributed by atoms with Gasteiger partial charge >= 0.3 is 6.03 Å². The Kier molecular flexibility index (Phi) is 4.87. The maximum absolute atomic E-state index is 12.4. The molecule has 2 amide bonds. The summed E-state index contributed by atoms with van der Waals surface area (Å²) in [5.41, 5.74) is 0.754. The first-order valence-electron chi connectivity index (χ1n) is 9.57. The van der Waals surface area contributed by atoms with Crippen molar-refractivity contribution in [3.05, 3.63) is 36.5 Å². The van der Waals surface area contributed by atoms with Gasteiger partial charge in [-0.2, -0.15) is 0 Å². The maximum atomic E-state index is 12.4. The number of benzene rings is 1. The molecule has 1 aromatic heterocycles. The van der Waals surface area contributed by atoms with Crippen LogP contribution in [0.1, 0.15) is 25.7 Å². The highest BCUT2D eigenvalue weighted by molar-refractivity contribution is 5.80. The summed E-state index contributed by atoms with van der Waals surface area (Å²) in [5, 5.41) is 14.5. The smallest absolute Gasteiger partial charge is 0.317 e. The minimum atomic E-state index is -0.431. The predicted octanol–water partition coefficient (Wildman–Crippen LogP) is 2.36. The maximum Gasteiger partial charge on any atom is 0.317 e. The van der Waals surface area contributed by atoms with E-state index in [1.807, 2.05) is 17.0 Å². The SMILES string of the molecule is O=C(NCCn1ccc2ccccc21)N1CCC2(CC1)OCCC[C@@H]2O. The predicted molar refractivity (Wildman–Crippen MR) is 100 cm³/mol. The monoisotopic (exact) mass is 357 g/mol. The number of aromatic nitrogens is 1. The third-order valence-corrected chi connectivity index (χ3v) is 5.82. The van der Waals surface area contributed by atoms with Crippen LogP contribution in [0.25, 0.3) is 10.9 Å². The summed E-state index contributed by atoms with van der Waals surface area (Å²) in [6.45, 7) is 3.33. The van der Waals surface area contributed by atoms with Crippen LogP contribution in [-0.2, 0) is 11.3 Å². The van der Waals surface area contributed by atoms with Crippen molar-refractivity contribution in [3.63, 3.8) is 0 Å². The summed E-state index contributed by atoms with van der Waals surface area (Å²) < 4.78 is 8.07. The minimum absolute atomic E-state index is 0.0263. The van der Waals surface area contributed by atoms with Gasteiger partial charge in [0.15, 0.2) is 0 Å². The second-order valence-electron chi connectivity index (χ2n) is 7.36. The number of carbonyl (C=O) groups excluding carboxylic acids is 1. The number of nitrogens with zero attached hydrogens (tertiary/aromatic N) is 2. The second-order valence-corrected chi connectivity index (χ2v) is 7.36. The van der Waals surface area contributed by atoms with E-state index in [-0.39, 0.29) is 6.03 Å². The molecule has 140 valence electrons. The number of aliphatic hydroxyl groups is 1. The number of piperidine rings is 1. The van der Waals surface area contributed by atoms with Gasteiger partial charge in [0.2, 0.25) is 0 Å². The topological polar surface area (TPSA) is 66.7 Å². The van der Waals surface area contributed by atoms with Crippen molar-refractivity contribution in [1.82, 2.24) is 14.8 Å². The number of hydrogen-bond donors (Lipinski definition) is 2. The third kappa shape index (κ3) is 3.31. The quantitative estimate of drug-likeness (QED) is 0.886. The van der Waals surface area contributed by atoms with Crippen LogP contribution in [0.4, 0.5) is 4.79 Å². The molecule has 2 saturated heterocycles. The molecule has 0 aliphatic carbocycles. The van der Waals surface area contributed by atoms with Gasteiger partial charge in [-0.3, -0.25) is 0 Å². The number of amides is 2. The largest absolute Gasteiger partial charge is 0.390 e. The van der Waals surface area contributed by atoms with Crippen molar-refractivity contribution in [2.75, 3.05) is 26.2 Å². The molecule has 2 aliphatic heterocycles. The van der Waals surface area contributed by atoms with Gasteiger partial charge in [-0.05, 0) is 43.2 Å². The summed E-state index contributed by atoms with van der Waals surface area (Å²) in [7, 11) is 0. The molecule has 2 N–H and O–H groups in total. The van der Waals surface area contributed by atoms with Gasteiger partial charge in [-0.25, -0.2) is 4.79 Å². The summed E-state index contributed by atoms with van der Waals surface area (Å²) in [6, 6.07) is 10.3. The van der Waals surface area contributed by atoms with Crippen molar-refractivity contribution >= 4 is 16.9 Å². The van der Waals surface area contributed by atoms with E-state index in [0.717, 1.165) is 19.4 Å². The van der Waals surface area contributed by atoms with Crippen LogP contribution in [0.5, 0.6) is 0 Å². The molecule has 0 radical (unpaired) electrons.